The van der Waals surface area contributed by atoms with Gasteiger partial charge in [-0.1, -0.05) is 0 Å². The zero-order valence-electron chi connectivity index (χ0n) is 18.1. The fourth-order valence-corrected chi connectivity index (χ4v) is 3.71. The molecule has 158 valence electrons. The Labute approximate surface area is 171 Å². The van der Waals surface area contributed by atoms with Gasteiger partial charge in [-0.25, -0.2) is 4.98 Å². The van der Waals surface area contributed by atoms with E-state index in [1.807, 2.05) is 25.7 Å². The first-order chi connectivity index (χ1) is 13.6. The lowest BCUT2D eigenvalue weighted by Crippen LogP contribution is -2.46. The SMILES string of the molecule is Cc1nn([C@@H]2CC[C@@H](C)N(C(=O)c3cccnc3OC(C)C)C2)nc1C(C)(C)O. The molecular formula is C21H31N5O3. The minimum atomic E-state index is -1.06. The van der Waals surface area contributed by atoms with Gasteiger partial charge in [0.2, 0.25) is 5.88 Å². The molecule has 3 rings (SSSR count). The van der Waals surface area contributed by atoms with Crippen LogP contribution in [-0.2, 0) is 5.60 Å². The maximum absolute atomic E-state index is 13.3. The van der Waals surface area contributed by atoms with Crippen LogP contribution in [0.5, 0.6) is 5.88 Å². The van der Waals surface area contributed by atoms with Gasteiger partial charge in [-0.2, -0.15) is 15.0 Å². The number of aliphatic hydroxyl groups is 1. The summed E-state index contributed by atoms with van der Waals surface area (Å²) in [7, 11) is 0. The first-order valence-electron chi connectivity index (χ1n) is 10.2. The molecule has 1 amide bonds. The number of likely N-dealkylation sites (tertiary alicyclic amines) is 1. The number of nitrogens with zero attached hydrogens (tertiary/aromatic N) is 5. The van der Waals surface area contributed by atoms with E-state index in [2.05, 4.69) is 22.1 Å². The van der Waals surface area contributed by atoms with Crippen molar-refractivity contribution in [1.82, 2.24) is 24.9 Å². The fourth-order valence-electron chi connectivity index (χ4n) is 3.71. The third kappa shape index (κ3) is 4.58. The summed E-state index contributed by atoms with van der Waals surface area (Å²) in [5.41, 5.74) is 0.678. The molecule has 0 aliphatic carbocycles. The number of pyridine rings is 1. The molecule has 3 heterocycles. The average Bonchev–Trinajstić information content (AvgIpc) is 3.04. The van der Waals surface area contributed by atoms with Crippen molar-refractivity contribution >= 4 is 5.91 Å². The normalized spacial score (nSPS) is 20.2. The van der Waals surface area contributed by atoms with Crippen molar-refractivity contribution in [2.45, 2.75) is 78.2 Å². The Hall–Kier alpha value is -2.48. The molecule has 29 heavy (non-hydrogen) atoms. The Morgan fingerprint density at radius 2 is 2.03 bits per heavy atom. The van der Waals surface area contributed by atoms with E-state index in [-0.39, 0.29) is 24.1 Å². The van der Waals surface area contributed by atoms with Crippen LogP contribution < -0.4 is 4.74 Å². The summed E-state index contributed by atoms with van der Waals surface area (Å²) < 4.78 is 5.74. The molecule has 0 radical (unpaired) electrons. The highest BCUT2D eigenvalue weighted by Crippen LogP contribution is 2.29. The Bertz CT molecular complexity index is 871. The monoisotopic (exact) mass is 401 g/mol. The maximum Gasteiger partial charge on any atom is 0.259 e. The Balaban J connectivity index is 1.85. The van der Waals surface area contributed by atoms with Crippen molar-refractivity contribution < 1.29 is 14.6 Å². The van der Waals surface area contributed by atoms with E-state index in [0.29, 0.717) is 29.4 Å². The van der Waals surface area contributed by atoms with Gasteiger partial charge >= 0.3 is 0 Å². The first kappa shape index (κ1) is 21.2. The van der Waals surface area contributed by atoms with Crippen molar-refractivity contribution in [3.63, 3.8) is 0 Å². The zero-order valence-corrected chi connectivity index (χ0v) is 18.1. The number of aryl methyl sites for hydroxylation is 1. The second-order valence-corrected chi connectivity index (χ2v) is 8.57. The predicted molar refractivity (Wildman–Crippen MR) is 109 cm³/mol. The minimum absolute atomic E-state index is 0.0453. The molecule has 8 nitrogen and oxygen atoms in total. The van der Waals surface area contributed by atoms with Crippen LogP contribution in [0.2, 0.25) is 0 Å². The number of carbonyl (C=O) groups excluding carboxylic acids is 1. The molecule has 1 fully saturated rings. The number of ether oxygens (including phenoxy) is 1. The molecule has 0 bridgehead atoms. The largest absolute Gasteiger partial charge is 0.474 e. The molecule has 1 saturated heterocycles. The van der Waals surface area contributed by atoms with Gasteiger partial charge in [0.25, 0.3) is 5.91 Å². The van der Waals surface area contributed by atoms with Crippen molar-refractivity contribution in [2.75, 3.05) is 6.54 Å². The quantitative estimate of drug-likeness (QED) is 0.828. The molecule has 2 aromatic rings. The molecule has 2 aromatic heterocycles. The van der Waals surface area contributed by atoms with E-state index in [4.69, 9.17) is 4.74 Å². The molecule has 0 spiro atoms. The Morgan fingerprint density at radius 1 is 1.31 bits per heavy atom. The van der Waals surface area contributed by atoms with Gasteiger partial charge in [0.1, 0.15) is 16.9 Å². The van der Waals surface area contributed by atoms with E-state index >= 15 is 0 Å². The number of amides is 1. The molecule has 0 saturated carbocycles. The van der Waals surface area contributed by atoms with Crippen molar-refractivity contribution in [1.29, 1.82) is 0 Å². The standard InChI is InChI=1S/C21H31N5O3/c1-13(2)29-19-17(8-7-11-22-19)20(27)25-12-16(10-9-14(25)3)26-23-15(4)18(24-26)21(5,6)28/h7-8,11,13-14,16,28H,9-10,12H2,1-6H3/t14-,16-/m1/s1. The summed E-state index contributed by atoms with van der Waals surface area (Å²) >= 11 is 0. The minimum Gasteiger partial charge on any atom is -0.474 e. The Kier molecular flexibility index (Phi) is 5.93. The third-order valence-corrected chi connectivity index (χ3v) is 5.17. The van der Waals surface area contributed by atoms with Crippen molar-refractivity contribution in [3.05, 3.63) is 35.3 Å². The van der Waals surface area contributed by atoms with Crippen molar-refractivity contribution in [2.24, 2.45) is 0 Å². The Morgan fingerprint density at radius 3 is 2.66 bits per heavy atom. The van der Waals surface area contributed by atoms with E-state index in [9.17, 15) is 9.90 Å². The van der Waals surface area contributed by atoms with Crippen LogP contribution in [0, 0.1) is 6.92 Å². The van der Waals surface area contributed by atoms with Crippen LogP contribution in [0.4, 0.5) is 0 Å². The number of hydrogen-bond acceptors (Lipinski definition) is 6. The van der Waals surface area contributed by atoms with Gasteiger partial charge in [-0.15, -0.1) is 0 Å². The van der Waals surface area contributed by atoms with Gasteiger partial charge in [-0.05, 0) is 66.5 Å². The van der Waals surface area contributed by atoms with Crippen LogP contribution in [0.3, 0.4) is 0 Å². The second-order valence-electron chi connectivity index (χ2n) is 8.57. The number of piperidine rings is 1. The lowest BCUT2D eigenvalue weighted by Gasteiger charge is -2.37. The van der Waals surface area contributed by atoms with Gasteiger partial charge in [0, 0.05) is 18.8 Å². The molecule has 1 aliphatic rings. The number of hydrogen-bond donors (Lipinski definition) is 1. The van der Waals surface area contributed by atoms with Gasteiger partial charge in [-0.3, -0.25) is 4.79 Å². The molecule has 1 N–H and O–H groups in total. The highest BCUT2D eigenvalue weighted by Gasteiger charge is 2.34. The lowest BCUT2D eigenvalue weighted by molar-refractivity contribution is 0.0527. The molecule has 8 heteroatoms. The topological polar surface area (TPSA) is 93.4 Å². The highest BCUT2D eigenvalue weighted by atomic mass is 16.5. The maximum atomic E-state index is 13.3. The van der Waals surface area contributed by atoms with E-state index in [1.165, 1.54) is 0 Å². The molecule has 0 unspecified atom stereocenters. The van der Waals surface area contributed by atoms with Gasteiger partial charge in [0.05, 0.1) is 17.8 Å². The highest BCUT2D eigenvalue weighted by molar-refractivity contribution is 5.96. The van der Waals surface area contributed by atoms with Crippen LogP contribution in [0.25, 0.3) is 0 Å². The molecule has 2 atom stereocenters. The lowest BCUT2D eigenvalue weighted by atomic mass is 9.98. The summed E-state index contributed by atoms with van der Waals surface area (Å²) in [6, 6.07) is 3.56. The molecule has 1 aliphatic heterocycles. The van der Waals surface area contributed by atoms with Crippen molar-refractivity contribution in [3.8, 4) is 5.88 Å². The number of aromatic nitrogens is 4. The molecule has 0 aromatic carbocycles. The third-order valence-electron chi connectivity index (χ3n) is 5.17. The van der Waals surface area contributed by atoms with Crippen LogP contribution in [0.1, 0.15) is 75.2 Å². The molecular weight excluding hydrogens is 370 g/mol. The van der Waals surface area contributed by atoms with Crippen LogP contribution in [0.15, 0.2) is 18.3 Å². The van der Waals surface area contributed by atoms with E-state index in [1.54, 1.807) is 37.0 Å². The predicted octanol–water partition coefficient (Wildman–Crippen LogP) is 2.86. The van der Waals surface area contributed by atoms with Crippen LogP contribution in [-0.4, -0.2) is 54.6 Å². The van der Waals surface area contributed by atoms with E-state index in [0.717, 1.165) is 12.8 Å². The summed E-state index contributed by atoms with van der Waals surface area (Å²) in [5, 5.41) is 19.4. The average molecular weight is 402 g/mol. The zero-order chi connectivity index (χ0) is 21.3. The summed E-state index contributed by atoms with van der Waals surface area (Å²) in [6.07, 6.45) is 3.27. The summed E-state index contributed by atoms with van der Waals surface area (Å²) in [4.78, 5) is 21.1. The van der Waals surface area contributed by atoms with Gasteiger partial charge < -0.3 is 14.7 Å². The second kappa shape index (κ2) is 8.10. The number of rotatable bonds is 5. The first-order valence-corrected chi connectivity index (χ1v) is 10.2. The van der Waals surface area contributed by atoms with Crippen LogP contribution >= 0.6 is 0 Å². The summed E-state index contributed by atoms with van der Waals surface area (Å²) in [6.45, 7) is 11.6. The van der Waals surface area contributed by atoms with E-state index < -0.39 is 5.60 Å². The number of carbonyl (C=O) groups is 1. The van der Waals surface area contributed by atoms with Gasteiger partial charge in [0.15, 0.2) is 0 Å². The smallest absolute Gasteiger partial charge is 0.259 e. The fraction of sp³-hybridized carbons (Fsp3) is 0.619. The summed E-state index contributed by atoms with van der Waals surface area (Å²) in [5.74, 6) is 0.261.